The number of hydrogen-bond acceptors (Lipinski definition) is 11. The summed E-state index contributed by atoms with van der Waals surface area (Å²) in [5, 5.41) is 17.0. The van der Waals surface area contributed by atoms with Gasteiger partial charge in [0, 0.05) is 11.8 Å². The van der Waals surface area contributed by atoms with Gasteiger partial charge in [-0.25, -0.2) is 9.82 Å². The lowest BCUT2D eigenvalue weighted by Gasteiger charge is -2.17. The molecule has 2 atom stereocenters. The number of carbonyl (C=O) groups excluding carboxylic acids is 3. The summed E-state index contributed by atoms with van der Waals surface area (Å²) in [7, 11) is -0.696. The minimum atomic E-state index is -0.696. The van der Waals surface area contributed by atoms with Gasteiger partial charge in [-0.3, -0.25) is 19.4 Å². The lowest BCUT2D eigenvalue weighted by molar-refractivity contribution is -0.146. The highest BCUT2D eigenvalue weighted by molar-refractivity contribution is 7.17. The molecule has 0 aliphatic heterocycles. The van der Waals surface area contributed by atoms with Crippen LogP contribution in [0.5, 0.6) is 5.75 Å². The summed E-state index contributed by atoms with van der Waals surface area (Å²) in [4.78, 5) is 37.1. The SMILES string of the molecule is CCOC(=O)Cc1ccc(C)cc1.Cc1cc(C)c(C(C)C(=O)OCC(C)C)c(O)c1.Cc1ccc(C(C)OC=O)nc1.O=POO. The molecule has 3 rings (SSSR count). The van der Waals surface area contributed by atoms with Crippen molar-refractivity contribution in [3.05, 3.63) is 93.8 Å². The van der Waals surface area contributed by atoms with E-state index < -0.39 is 14.6 Å². The Hall–Kier alpha value is -4.18. The molecule has 258 valence electrons. The summed E-state index contributed by atoms with van der Waals surface area (Å²) >= 11 is 0. The summed E-state index contributed by atoms with van der Waals surface area (Å²) in [5.74, 6) is -0.406. The lowest BCUT2D eigenvalue weighted by atomic mass is 9.94. The number of ether oxygens (including phenoxy) is 3. The second kappa shape index (κ2) is 24.1. The molecule has 0 fully saturated rings. The van der Waals surface area contributed by atoms with Crippen LogP contribution < -0.4 is 0 Å². The molecule has 0 spiro atoms. The molecular weight excluding hydrogens is 625 g/mol. The van der Waals surface area contributed by atoms with Gasteiger partial charge in [-0.05, 0) is 88.8 Å². The molecule has 0 aliphatic carbocycles. The molecular formula is C35H48NO10P. The molecule has 47 heavy (non-hydrogen) atoms. The Morgan fingerprint density at radius 2 is 1.51 bits per heavy atom. The van der Waals surface area contributed by atoms with Crippen LogP contribution in [0.3, 0.4) is 0 Å². The largest absolute Gasteiger partial charge is 0.508 e. The second-order valence-corrected chi connectivity index (χ2v) is 11.3. The van der Waals surface area contributed by atoms with E-state index in [1.54, 1.807) is 26.1 Å². The molecule has 0 radical (unpaired) electrons. The third-order valence-electron chi connectivity index (χ3n) is 6.27. The number of aromatic hydroxyl groups is 1. The fraction of sp³-hybridized carbons (Fsp3) is 0.429. The Morgan fingerprint density at radius 3 is 1.98 bits per heavy atom. The lowest BCUT2D eigenvalue weighted by Crippen LogP contribution is -2.17. The van der Waals surface area contributed by atoms with Gasteiger partial charge in [0.1, 0.15) is 11.9 Å². The number of phenolic OH excluding ortho intramolecular Hbond substituents is 1. The topological polar surface area (TPSA) is 159 Å². The number of pyridine rings is 1. The number of aromatic nitrogens is 1. The zero-order valence-electron chi connectivity index (χ0n) is 28.7. The van der Waals surface area contributed by atoms with Gasteiger partial charge in [-0.15, -0.1) is 4.67 Å². The first-order valence-corrected chi connectivity index (χ1v) is 15.8. The number of rotatable bonds is 11. The first-order chi connectivity index (χ1) is 22.2. The Labute approximate surface area is 279 Å². The van der Waals surface area contributed by atoms with Crippen LogP contribution >= 0.6 is 8.69 Å². The van der Waals surface area contributed by atoms with E-state index >= 15 is 0 Å². The van der Waals surface area contributed by atoms with Crippen molar-refractivity contribution >= 4 is 27.1 Å². The van der Waals surface area contributed by atoms with Gasteiger partial charge >= 0.3 is 20.6 Å². The number of esters is 2. The zero-order valence-corrected chi connectivity index (χ0v) is 29.6. The number of carbonyl (C=O) groups is 3. The first kappa shape index (κ1) is 42.8. The van der Waals surface area contributed by atoms with E-state index in [1.807, 2.05) is 90.9 Å². The van der Waals surface area contributed by atoms with Crippen molar-refractivity contribution in [1.82, 2.24) is 4.98 Å². The number of phenols is 1. The average Bonchev–Trinajstić information content (AvgIpc) is 3.01. The highest BCUT2D eigenvalue weighted by atomic mass is 31.1. The van der Waals surface area contributed by atoms with Crippen molar-refractivity contribution in [3.63, 3.8) is 0 Å². The van der Waals surface area contributed by atoms with E-state index in [4.69, 9.17) is 24.0 Å². The normalized spacial score (nSPS) is 11.3. The Kier molecular flexibility index (Phi) is 21.9. The molecule has 11 nitrogen and oxygen atoms in total. The summed E-state index contributed by atoms with van der Waals surface area (Å²) in [6, 6.07) is 15.3. The van der Waals surface area contributed by atoms with Crippen molar-refractivity contribution in [2.75, 3.05) is 13.2 Å². The average molecular weight is 674 g/mol. The predicted molar refractivity (Wildman–Crippen MR) is 179 cm³/mol. The van der Waals surface area contributed by atoms with E-state index in [-0.39, 0.29) is 23.8 Å². The fourth-order valence-corrected chi connectivity index (χ4v) is 3.97. The first-order valence-electron chi connectivity index (χ1n) is 15.0. The van der Waals surface area contributed by atoms with Gasteiger partial charge in [-0.2, -0.15) is 0 Å². The molecule has 12 heteroatoms. The van der Waals surface area contributed by atoms with E-state index in [2.05, 4.69) is 9.66 Å². The minimum absolute atomic E-state index is 0.161. The zero-order chi connectivity index (χ0) is 35.9. The maximum Gasteiger partial charge on any atom is 0.358 e. The molecule has 2 aromatic carbocycles. The summed E-state index contributed by atoms with van der Waals surface area (Å²) in [5.41, 5.74) is 6.63. The van der Waals surface area contributed by atoms with Crippen molar-refractivity contribution in [1.29, 1.82) is 0 Å². The third-order valence-corrected chi connectivity index (χ3v) is 6.34. The molecule has 1 heterocycles. The van der Waals surface area contributed by atoms with Crippen molar-refractivity contribution < 1.29 is 48.2 Å². The summed E-state index contributed by atoms with van der Waals surface area (Å²) < 4.78 is 26.5. The molecule has 0 saturated carbocycles. The molecule has 0 amide bonds. The van der Waals surface area contributed by atoms with Crippen LogP contribution in [0.25, 0.3) is 0 Å². The quantitative estimate of drug-likeness (QED) is 0.0512. The molecule has 1 aromatic heterocycles. The van der Waals surface area contributed by atoms with Crippen LogP contribution in [0.4, 0.5) is 0 Å². The van der Waals surface area contributed by atoms with Crippen LogP contribution in [0, 0.1) is 33.6 Å². The summed E-state index contributed by atoms with van der Waals surface area (Å²) in [6.45, 7) is 18.4. The second-order valence-electron chi connectivity index (χ2n) is 11.0. The van der Waals surface area contributed by atoms with Gasteiger partial charge in [0.2, 0.25) is 0 Å². The smallest absolute Gasteiger partial charge is 0.358 e. The third kappa shape index (κ3) is 18.5. The molecule has 0 saturated heterocycles. The van der Waals surface area contributed by atoms with Crippen LogP contribution in [0.2, 0.25) is 0 Å². The molecule has 2 unspecified atom stereocenters. The number of benzene rings is 2. The van der Waals surface area contributed by atoms with Crippen molar-refractivity contribution in [2.24, 2.45) is 5.92 Å². The van der Waals surface area contributed by atoms with E-state index in [1.165, 1.54) is 5.56 Å². The van der Waals surface area contributed by atoms with Crippen LogP contribution in [-0.2, 0) is 44.3 Å². The van der Waals surface area contributed by atoms with Gasteiger partial charge in [-0.1, -0.05) is 55.8 Å². The van der Waals surface area contributed by atoms with Crippen LogP contribution in [-0.4, -0.2) is 47.0 Å². The maximum absolute atomic E-state index is 11.9. The molecule has 0 bridgehead atoms. The Bertz CT molecular complexity index is 1340. The van der Waals surface area contributed by atoms with E-state index in [0.29, 0.717) is 37.6 Å². The number of aryl methyl sites for hydroxylation is 4. The number of nitrogens with zero attached hydrogens (tertiary/aromatic N) is 1. The fourth-order valence-electron chi connectivity index (χ4n) is 3.97. The van der Waals surface area contributed by atoms with Crippen molar-refractivity contribution in [2.45, 2.75) is 80.8 Å². The highest BCUT2D eigenvalue weighted by Crippen LogP contribution is 2.31. The Balaban J connectivity index is 0.000000651. The van der Waals surface area contributed by atoms with E-state index in [9.17, 15) is 19.5 Å². The van der Waals surface area contributed by atoms with Crippen LogP contribution in [0.15, 0.2) is 54.7 Å². The van der Waals surface area contributed by atoms with Crippen molar-refractivity contribution in [3.8, 4) is 5.75 Å². The van der Waals surface area contributed by atoms with E-state index in [0.717, 1.165) is 27.9 Å². The molecule has 2 N–H and O–H groups in total. The van der Waals surface area contributed by atoms with Crippen LogP contribution in [0.1, 0.15) is 85.7 Å². The maximum atomic E-state index is 11.9. The minimum Gasteiger partial charge on any atom is -0.508 e. The molecule has 0 aliphatic rings. The van der Waals surface area contributed by atoms with Gasteiger partial charge in [0.15, 0.2) is 0 Å². The summed E-state index contributed by atoms with van der Waals surface area (Å²) in [6.07, 6.45) is 1.86. The monoisotopic (exact) mass is 673 g/mol. The molecule has 3 aromatic rings. The Morgan fingerprint density at radius 1 is 0.915 bits per heavy atom. The van der Waals surface area contributed by atoms with Gasteiger partial charge < -0.3 is 19.3 Å². The standard InChI is InChI=1S/C15H22O3.C11H14O2.C9H11NO2.HO3P/c1-9(2)8-18-15(17)12(5)14-11(4)6-10(3)7-13(14)16;1-3-13-11(12)8-10-6-4-9(2)5-7-10;1-7-3-4-9(10-5-7)8(2)12-6-11;1-3-4-2/h6-7,9,12,16H,8H2,1-5H3;4-7H,3,8H2,1-2H3;3-6,8H,1-2H3;1H. The highest BCUT2D eigenvalue weighted by Gasteiger charge is 2.22. The van der Waals surface area contributed by atoms with Gasteiger partial charge in [0.25, 0.3) is 6.47 Å². The predicted octanol–water partition coefficient (Wildman–Crippen LogP) is 7.72. The van der Waals surface area contributed by atoms with Gasteiger partial charge in [0.05, 0.1) is 31.2 Å². The number of hydrogen-bond donors (Lipinski definition) is 2.